The molecule has 8 nitrogen and oxygen atoms in total. The normalized spacial score (nSPS) is 19.6. The molecular formula is C8H14N2O6P2. The second kappa shape index (κ2) is 5.93. The van der Waals surface area contributed by atoms with Crippen molar-refractivity contribution in [3.63, 3.8) is 0 Å². The van der Waals surface area contributed by atoms with Gasteiger partial charge in [0.05, 0.1) is 5.69 Å². The second-order valence-electron chi connectivity index (χ2n) is 3.25. The molecule has 10 heteroatoms. The van der Waals surface area contributed by atoms with Crippen LogP contribution in [0.4, 0.5) is 5.69 Å². The maximum atomic E-state index is 11.7. The summed E-state index contributed by atoms with van der Waals surface area (Å²) in [6.45, 7) is 0. The highest BCUT2D eigenvalue weighted by molar-refractivity contribution is 7.72. The first-order valence-electron chi connectivity index (χ1n) is 4.76. The van der Waals surface area contributed by atoms with E-state index in [1.165, 1.54) is 18.5 Å². The first kappa shape index (κ1) is 15.3. The molecule has 0 bridgehead atoms. The molecule has 1 rings (SSSR count). The highest BCUT2D eigenvalue weighted by Gasteiger charge is 2.46. The van der Waals surface area contributed by atoms with Gasteiger partial charge in [-0.15, -0.1) is 0 Å². The van der Waals surface area contributed by atoms with E-state index in [4.69, 9.17) is 0 Å². The summed E-state index contributed by atoms with van der Waals surface area (Å²) >= 11 is 0. The van der Waals surface area contributed by atoms with Crippen LogP contribution < -0.4 is 5.32 Å². The zero-order valence-corrected chi connectivity index (χ0v) is 11.5. The van der Waals surface area contributed by atoms with Crippen LogP contribution >= 0.6 is 15.2 Å². The third kappa shape index (κ3) is 3.62. The molecule has 0 amide bonds. The van der Waals surface area contributed by atoms with Gasteiger partial charge in [-0.05, 0) is 12.1 Å². The highest BCUT2D eigenvalue weighted by Crippen LogP contribution is 2.64. The van der Waals surface area contributed by atoms with Crippen LogP contribution in [-0.4, -0.2) is 34.5 Å². The fraction of sp³-hybridized carbons (Fsp3) is 0.375. The number of nitrogens with one attached hydrogen (secondary N) is 1. The number of pyridine rings is 1. The Bertz CT molecular complexity index is 458. The Morgan fingerprint density at radius 1 is 1.28 bits per heavy atom. The lowest BCUT2D eigenvalue weighted by Gasteiger charge is -2.25. The molecule has 3 N–H and O–H groups in total. The lowest BCUT2D eigenvalue weighted by Crippen LogP contribution is -2.21. The third-order valence-corrected chi connectivity index (χ3v) is 6.39. The van der Waals surface area contributed by atoms with Crippen molar-refractivity contribution in [2.24, 2.45) is 0 Å². The summed E-state index contributed by atoms with van der Waals surface area (Å²) in [5, 5.41) is 2.42. The molecule has 0 radical (unpaired) electrons. The van der Waals surface area contributed by atoms with Crippen LogP contribution in [0.15, 0.2) is 24.5 Å². The van der Waals surface area contributed by atoms with Crippen LogP contribution in [0, 0.1) is 0 Å². The molecular weight excluding hydrogens is 282 g/mol. The average molecular weight is 296 g/mol. The molecule has 1 aromatic heterocycles. The van der Waals surface area contributed by atoms with Crippen molar-refractivity contribution in [3.8, 4) is 0 Å². The molecule has 0 fully saturated rings. The minimum atomic E-state index is -4.36. The van der Waals surface area contributed by atoms with Gasteiger partial charge in [0.15, 0.2) is 0 Å². The van der Waals surface area contributed by atoms with Gasteiger partial charge in [-0.1, -0.05) is 0 Å². The van der Waals surface area contributed by atoms with Crippen molar-refractivity contribution in [1.82, 2.24) is 4.98 Å². The number of nitrogens with zero attached hydrogens (tertiary/aromatic N) is 1. The number of rotatable bonds is 6. The topological polar surface area (TPSA) is 118 Å². The maximum absolute atomic E-state index is 11.7. The van der Waals surface area contributed by atoms with Crippen molar-refractivity contribution >= 4 is 20.9 Å². The number of aromatic nitrogens is 1. The summed E-state index contributed by atoms with van der Waals surface area (Å²) < 4.78 is 32.2. The van der Waals surface area contributed by atoms with Crippen LogP contribution in [0.2, 0.25) is 0 Å². The van der Waals surface area contributed by atoms with E-state index in [9.17, 15) is 18.9 Å². The van der Waals surface area contributed by atoms with Crippen LogP contribution in [0.5, 0.6) is 0 Å². The summed E-state index contributed by atoms with van der Waals surface area (Å²) in [7, 11) is -6.79. The average Bonchev–Trinajstić information content (AvgIpc) is 2.37. The van der Waals surface area contributed by atoms with Gasteiger partial charge in [0.25, 0.3) is 0 Å². The predicted octanol–water partition coefficient (Wildman–Crippen LogP) is 1.44. The lowest BCUT2D eigenvalue weighted by atomic mass is 10.4. The van der Waals surface area contributed by atoms with Crippen molar-refractivity contribution in [3.05, 3.63) is 24.5 Å². The molecule has 1 aromatic rings. The van der Waals surface area contributed by atoms with Gasteiger partial charge >= 0.3 is 15.2 Å². The van der Waals surface area contributed by atoms with Gasteiger partial charge in [0, 0.05) is 26.6 Å². The van der Waals surface area contributed by atoms with E-state index >= 15 is 0 Å². The van der Waals surface area contributed by atoms with E-state index in [1.807, 2.05) is 0 Å². The lowest BCUT2D eigenvalue weighted by molar-refractivity contribution is 0.289. The monoisotopic (exact) mass is 296 g/mol. The molecule has 0 saturated carbocycles. The van der Waals surface area contributed by atoms with Gasteiger partial charge in [0.1, 0.15) is 0 Å². The van der Waals surface area contributed by atoms with Crippen molar-refractivity contribution in [1.29, 1.82) is 0 Å². The van der Waals surface area contributed by atoms with E-state index in [2.05, 4.69) is 19.3 Å². The van der Waals surface area contributed by atoms with Gasteiger partial charge < -0.3 is 24.2 Å². The third-order valence-electron chi connectivity index (χ3n) is 2.10. The number of anilines is 1. The highest BCUT2D eigenvalue weighted by atomic mass is 31.2. The van der Waals surface area contributed by atoms with E-state index in [0.717, 1.165) is 14.2 Å². The summed E-state index contributed by atoms with van der Waals surface area (Å²) in [5.41, 5.74) is -1.50. The van der Waals surface area contributed by atoms with Gasteiger partial charge in [-0.3, -0.25) is 14.1 Å². The van der Waals surface area contributed by atoms with E-state index in [1.54, 1.807) is 6.07 Å². The van der Waals surface area contributed by atoms with Crippen LogP contribution in [0.3, 0.4) is 0 Å². The van der Waals surface area contributed by atoms with Gasteiger partial charge in [-0.2, -0.15) is 0 Å². The SMILES string of the molecule is COP(=O)(O)C(Nc1cccnc1)P(=O)(O)OC. The zero-order chi connectivity index (χ0) is 13.8. The summed E-state index contributed by atoms with van der Waals surface area (Å²) in [5.74, 6) is 0. The molecule has 0 saturated heterocycles. The van der Waals surface area contributed by atoms with Gasteiger partial charge in [0.2, 0.25) is 5.52 Å². The minimum absolute atomic E-state index is 0.292. The first-order chi connectivity index (χ1) is 8.33. The molecule has 18 heavy (non-hydrogen) atoms. The summed E-state index contributed by atoms with van der Waals surface area (Å²) in [6, 6.07) is 3.08. The Morgan fingerprint density at radius 3 is 2.22 bits per heavy atom. The Kier molecular flexibility index (Phi) is 5.04. The quantitative estimate of drug-likeness (QED) is 0.675. The van der Waals surface area contributed by atoms with Crippen LogP contribution in [0.25, 0.3) is 0 Å². The smallest absolute Gasteiger partial charge is 0.360 e. The molecule has 0 aliphatic carbocycles. The van der Waals surface area contributed by atoms with E-state index < -0.39 is 20.7 Å². The molecule has 0 aliphatic rings. The van der Waals surface area contributed by atoms with E-state index in [-0.39, 0.29) is 0 Å². The van der Waals surface area contributed by atoms with Crippen LogP contribution in [-0.2, 0) is 18.2 Å². The largest absolute Gasteiger partial charge is 0.362 e. The van der Waals surface area contributed by atoms with Gasteiger partial charge in [-0.25, -0.2) is 0 Å². The molecule has 1 heterocycles. The molecule has 2 unspecified atom stereocenters. The minimum Gasteiger partial charge on any atom is -0.360 e. The van der Waals surface area contributed by atoms with Crippen LogP contribution in [0.1, 0.15) is 0 Å². The molecule has 102 valence electrons. The molecule has 0 spiro atoms. The van der Waals surface area contributed by atoms with Crippen molar-refractivity contribution < 1.29 is 28.0 Å². The fourth-order valence-corrected chi connectivity index (χ4v) is 4.21. The standard InChI is InChI=1S/C8H14N2O6P2/c1-15-17(11,12)8(18(13,14)16-2)10-7-4-3-5-9-6-7/h3-6,8,10H,1-2H3,(H,11,12)(H,13,14). The second-order valence-corrected chi connectivity index (χ2v) is 7.68. The number of hydrogen-bond donors (Lipinski definition) is 3. The van der Waals surface area contributed by atoms with E-state index in [0.29, 0.717) is 5.69 Å². The summed E-state index contributed by atoms with van der Waals surface area (Å²) in [4.78, 5) is 22.9. The molecule has 2 atom stereocenters. The Hall–Kier alpha value is -0.750. The Balaban J connectivity index is 3.08. The molecule has 0 aliphatic heterocycles. The fourth-order valence-electron chi connectivity index (χ4n) is 1.14. The van der Waals surface area contributed by atoms with Crippen molar-refractivity contribution in [2.75, 3.05) is 19.5 Å². The Labute approximate surface area is 104 Å². The summed E-state index contributed by atoms with van der Waals surface area (Å²) in [6.07, 6.45) is 2.82. The predicted molar refractivity (Wildman–Crippen MR) is 65.3 cm³/mol. The van der Waals surface area contributed by atoms with Crippen molar-refractivity contribution in [2.45, 2.75) is 5.52 Å². The first-order valence-corrected chi connectivity index (χ1v) is 8.06. The maximum Gasteiger partial charge on any atom is 0.362 e. The number of hydrogen-bond acceptors (Lipinski definition) is 6. The molecule has 0 aromatic carbocycles. The Morgan fingerprint density at radius 2 is 1.83 bits per heavy atom. The zero-order valence-electron chi connectivity index (χ0n) is 9.76.